The van der Waals surface area contributed by atoms with E-state index in [4.69, 9.17) is 0 Å². The maximum atomic E-state index is 13.7. The Kier molecular flexibility index (Phi) is 4.53. The van der Waals surface area contributed by atoms with Crippen molar-refractivity contribution < 1.29 is 4.39 Å². The van der Waals surface area contributed by atoms with Crippen molar-refractivity contribution in [3.63, 3.8) is 0 Å². The zero-order chi connectivity index (χ0) is 15.5. The molecule has 2 aromatic rings. The number of hydrogen-bond acceptors (Lipinski definition) is 4. The number of nitrogens with zero attached hydrogens (tertiary/aromatic N) is 3. The van der Waals surface area contributed by atoms with Crippen LogP contribution in [0.15, 0.2) is 36.7 Å². The first-order valence-corrected chi connectivity index (χ1v) is 6.91. The van der Waals surface area contributed by atoms with E-state index in [1.807, 2.05) is 0 Å². The first-order valence-electron chi connectivity index (χ1n) is 6.91. The molecule has 0 bridgehead atoms. The second-order valence-corrected chi connectivity index (χ2v) is 6.01. The van der Waals surface area contributed by atoms with E-state index < -0.39 is 0 Å². The highest BCUT2D eigenvalue weighted by molar-refractivity contribution is 5.56. The van der Waals surface area contributed by atoms with Gasteiger partial charge in [0.05, 0.1) is 5.69 Å². The number of halogens is 1. The van der Waals surface area contributed by atoms with Gasteiger partial charge in [0.25, 0.3) is 0 Å². The number of aromatic nitrogens is 2. The predicted octanol–water partition coefficient (Wildman–Crippen LogP) is 3.27. The Morgan fingerprint density at radius 3 is 2.33 bits per heavy atom. The largest absolute Gasteiger partial charge is 0.311 e. The molecule has 0 fully saturated rings. The average molecular weight is 288 g/mol. The summed E-state index contributed by atoms with van der Waals surface area (Å²) < 4.78 is 13.7. The summed E-state index contributed by atoms with van der Waals surface area (Å²) in [6.45, 7) is 7.02. The number of hydrogen-bond donors (Lipinski definition) is 1. The van der Waals surface area contributed by atoms with Crippen LogP contribution in [-0.2, 0) is 6.54 Å². The van der Waals surface area contributed by atoms with Crippen molar-refractivity contribution in [1.29, 1.82) is 0 Å². The summed E-state index contributed by atoms with van der Waals surface area (Å²) in [6, 6.07) is 6.58. The highest BCUT2D eigenvalue weighted by Gasteiger charge is 2.12. The molecule has 0 atom stereocenters. The number of rotatable bonds is 4. The molecule has 21 heavy (non-hydrogen) atoms. The molecular formula is C16H21FN4. The molecule has 0 spiro atoms. The van der Waals surface area contributed by atoms with E-state index in [-0.39, 0.29) is 11.4 Å². The Balaban J connectivity index is 2.10. The maximum absolute atomic E-state index is 13.7. The Morgan fingerprint density at radius 1 is 1.14 bits per heavy atom. The molecule has 4 nitrogen and oxygen atoms in total. The number of para-hydroxylation sites is 1. The van der Waals surface area contributed by atoms with Crippen LogP contribution in [0.25, 0.3) is 0 Å². The van der Waals surface area contributed by atoms with Gasteiger partial charge in [0.1, 0.15) is 5.82 Å². The van der Waals surface area contributed by atoms with E-state index in [2.05, 4.69) is 36.1 Å². The van der Waals surface area contributed by atoms with E-state index in [9.17, 15) is 4.39 Å². The number of nitrogens with one attached hydrogen (secondary N) is 1. The first kappa shape index (κ1) is 15.4. The lowest BCUT2D eigenvalue weighted by Gasteiger charge is -2.21. The standard InChI is InChI=1S/C16H21FN4/c1-16(2,3)20-11-12-9-18-15(19-10-12)21(4)14-8-6-5-7-13(14)17/h5-10,20H,11H2,1-4H3. The van der Waals surface area contributed by atoms with Crippen LogP contribution in [0.5, 0.6) is 0 Å². The molecule has 0 aliphatic heterocycles. The molecule has 1 aromatic carbocycles. The second kappa shape index (κ2) is 6.18. The third-order valence-corrected chi connectivity index (χ3v) is 3.03. The summed E-state index contributed by atoms with van der Waals surface area (Å²) in [4.78, 5) is 10.2. The van der Waals surface area contributed by atoms with Crippen LogP contribution in [0.2, 0.25) is 0 Å². The van der Waals surface area contributed by atoms with Gasteiger partial charge in [-0.3, -0.25) is 0 Å². The minimum atomic E-state index is -0.290. The van der Waals surface area contributed by atoms with E-state index in [0.29, 0.717) is 18.2 Å². The molecule has 2 rings (SSSR count). The van der Waals surface area contributed by atoms with Crippen molar-refractivity contribution in [3.8, 4) is 0 Å². The smallest absolute Gasteiger partial charge is 0.229 e. The van der Waals surface area contributed by atoms with Crippen molar-refractivity contribution in [2.24, 2.45) is 0 Å². The maximum Gasteiger partial charge on any atom is 0.229 e. The van der Waals surface area contributed by atoms with Crippen LogP contribution < -0.4 is 10.2 Å². The zero-order valence-electron chi connectivity index (χ0n) is 12.9. The van der Waals surface area contributed by atoms with Gasteiger partial charge < -0.3 is 10.2 Å². The van der Waals surface area contributed by atoms with Gasteiger partial charge >= 0.3 is 0 Å². The van der Waals surface area contributed by atoms with E-state index in [1.54, 1.807) is 42.5 Å². The van der Waals surface area contributed by atoms with E-state index in [1.165, 1.54) is 6.07 Å². The van der Waals surface area contributed by atoms with Crippen molar-refractivity contribution >= 4 is 11.6 Å². The summed E-state index contributed by atoms with van der Waals surface area (Å²) >= 11 is 0. The van der Waals surface area contributed by atoms with Crippen molar-refractivity contribution in [2.45, 2.75) is 32.9 Å². The summed E-state index contributed by atoms with van der Waals surface area (Å²) in [5.41, 5.74) is 1.50. The molecule has 0 aliphatic rings. The Bertz CT molecular complexity index is 590. The fourth-order valence-electron chi connectivity index (χ4n) is 1.81. The summed E-state index contributed by atoms with van der Waals surface area (Å²) in [7, 11) is 1.75. The van der Waals surface area contributed by atoms with Crippen LogP contribution >= 0.6 is 0 Å². The van der Waals surface area contributed by atoms with E-state index >= 15 is 0 Å². The molecule has 0 unspecified atom stereocenters. The molecule has 5 heteroatoms. The molecule has 0 aliphatic carbocycles. The molecule has 0 saturated carbocycles. The zero-order valence-corrected chi connectivity index (χ0v) is 12.9. The fraction of sp³-hybridized carbons (Fsp3) is 0.375. The van der Waals surface area contributed by atoms with Crippen LogP contribution in [0.4, 0.5) is 16.0 Å². The molecule has 0 saturated heterocycles. The topological polar surface area (TPSA) is 41.1 Å². The summed E-state index contributed by atoms with van der Waals surface area (Å²) in [5, 5.41) is 3.37. The van der Waals surface area contributed by atoms with Crippen LogP contribution in [0, 0.1) is 5.82 Å². The van der Waals surface area contributed by atoms with Gasteiger partial charge in [-0.1, -0.05) is 12.1 Å². The number of benzene rings is 1. The predicted molar refractivity (Wildman–Crippen MR) is 83.1 cm³/mol. The SMILES string of the molecule is CN(c1ncc(CNC(C)(C)C)cn1)c1ccccc1F. The van der Waals surface area contributed by atoms with Gasteiger partial charge in [-0.2, -0.15) is 0 Å². The lowest BCUT2D eigenvalue weighted by atomic mass is 10.1. The minimum absolute atomic E-state index is 0.0443. The van der Waals surface area contributed by atoms with Crippen molar-refractivity contribution in [2.75, 3.05) is 11.9 Å². The lowest BCUT2D eigenvalue weighted by Crippen LogP contribution is -2.35. The summed E-state index contributed by atoms with van der Waals surface area (Å²) in [5.74, 6) is 0.182. The second-order valence-electron chi connectivity index (χ2n) is 6.01. The van der Waals surface area contributed by atoms with Gasteiger partial charge in [0.2, 0.25) is 5.95 Å². The molecule has 0 radical (unpaired) electrons. The third kappa shape index (κ3) is 4.23. The van der Waals surface area contributed by atoms with Crippen molar-refractivity contribution in [1.82, 2.24) is 15.3 Å². The molecular weight excluding hydrogens is 267 g/mol. The average Bonchev–Trinajstić information content (AvgIpc) is 2.45. The third-order valence-electron chi connectivity index (χ3n) is 3.03. The van der Waals surface area contributed by atoms with E-state index in [0.717, 1.165) is 5.56 Å². The van der Waals surface area contributed by atoms with Gasteiger partial charge in [0.15, 0.2) is 0 Å². The first-order chi connectivity index (χ1) is 9.87. The van der Waals surface area contributed by atoms with Crippen LogP contribution in [0.1, 0.15) is 26.3 Å². The molecule has 1 N–H and O–H groups in total. The molecule has 112 valence electrons. The van der Waals surface area contributed by atoms with Gasteiger partial charge in [-0.05, 0) is 32.9 Å². The monoisotopic (exact) mass is 288 g/mol. The minimum Gasteiger partial charge on any atom is -0.311 e. The Hall–Kier alpha value is -2.01. The van der Waals surface area contributed by atoms with Gasteiger partial charge in [0, 0.05) is 37.1 Å². The highest BCUT2D eigenvalue weighted by atomic mass is 19.1. The van der Waals surface area contributed by atoms with Gasteiger partial charge in [-0.15, -0.1) is 0 Å². The quantitative estimate of drug-likeness (QED) is 0.937. The molecule has 1 aromatic heterocycles. The Morgan fingerprint density at radius 2 is 1.76 bits per heavy atom. The Labute approximate surface area is 125 Å². The highest BCUT2D eigenvalue weighted by Crippen LogP contribution is 2.22. The van der Waals surface area contributed by atoms with Crippen LogP contribution in [0.3, 0.4) is 0 Å². The summed E-state index contributed by atoms with van der Waals surface area (Å²) in [6.07, 6.45) is 3.52. The van der Waals surface area contributed by atoms with Gasteiger partial charge in [-0.25, -0.2) is 14.4 Å². The lowest BCUT2D eigenvalue weighted by molar-refractivity contribution is 0.423. The number of anilines is 2. The fourth-order valence-corrected chi connectivity index (χ4v) is 1.81. The normalized spacial score (nSPS) is 11.5. The van der Waals surface area contributed by atoms with Crippen LogP contribution in [-0.4, -0.2) is 22.6 Å². The molecule has 1 heterocycles. The molecule has 0 amide bonds. The van der Waals surface area contributed by atoms with Crippen molar-refractivity contribution in [3.05, 3.63) is 48.0 Å².